The molecule has 0 atom stereocenters. The molecule has 4 rings (SSSR count). The van der Waals surface area contributed by atoms with Gasteiger partial charge < -0.3 is 30.9 Å². The maximum Gasteiger partial charge on any atom is 0.374 e. The molecule has 10 nitrogen and oxygen atoms in total. The average molecular weight is 513 g/mol. The van der Waals surface area contributed by atoms with Gasteiger partial charge in [-0.1, -0.05) is 23.2 Å². The summed E-state index contributed by atoms with van der Waals surface area (Å²) in [6.07, 6.45) is 0. The van der Waals surface area contributed by atoms with Crippen molar-refractivity contribution in [3.63, 3.8) is 0 Å². The summed E-state index contributed by atoms with van der Waals surface area (Å²) >= 11 is 12.8. The van der Waals surface area contributed by atoms with Crippen LogP contribution in [0.15, 0.2) is 21.9 Å². The fourth-order valence-corrected chi connectivity index (χ4v) is 6.21. The van der Waals surface area contributed by atoms with Gasteiger partial charge in [-0.3, -0.25) is 0 Å². The van der Waals surface area contributed by atoms with Crippen molar-refractivity contribution in [2.45, 2.75) is 9.79 Å². The van der Waals surface area contributed by atoms with Crippen molar-refractivity contribution in [1.82, 2.24) is 19.9 Å². The number of H-pyrrole nitrogens is 2. The van der Waals surface area contributed by atoms with Crippen LogP contribution in [-0.4, -0.2) is 46.1 Å². The number of methoxy groups -OCH3 is 2. The van der Waals surface area contributed by atoms with Gasteiger partial charge in [0.1, 0.15) is 0 Å². The van der Waals surface area contributed by atoms with E-state index in [-0.39, 0.29) is 11.6 Å². The number of fused-ring (bicyclic) bond motifs is 2. The summed E-state index contributed by atoms with van der Waals surface area (Å²) in [4.78, 5) is 38.6. The number of nitrogens with two attached hydrogens (primary N) is 2. The van der Waals surface area contributed by atoms with Crippen molar-refractivity contribution in [3.05, 3.63) is 33.8 Å². The van der Waals surface area contributed by atoms with E-state index >= 15 is 0 Å². The number of benzene rings is 2. The van der Waals surface area contributed by atoms with Crippen LogP contribution >= 0.6 is 44.8 Å². The van der Waals surface area contributed by atoms with Gasteiger partial charge in [-0.15, -0.1) is 0 Å². The summed E-state index contributed by atoms with van der Waals surface area (Å²) in [5, 5.41) is 0.668. The molecule has 14 heteroatoms. The number of aromatic amines is 2. The third kappa shape index (κ3) is 3.79. The standard InChI is InChI=1S/C18H14Cl2N6O4S2/c1-29-17(27)15-23-7-3-5(19)13(9(21)11(7)25-15)31-32-14-6(20)4-8-12(10(14)22)26-16(24-8)18(28)30-2/h3-4H,21-22H2,1-2H3,(H,23,25)(H,24,26). The van der Waals surface area contributed by atoms with E-state index in [9.17, 15) is 9.59 Å². The maximum atomic E-state index is 11.8. The SMILES string of the molecule is COC(=O)c1nc2cc(Cl)c(SSc3c(Cl)cc4nc(C(=O)OC)[nH]c4c3N)c(N)c2[nH]1. The monoisotopic (exact) mass is 512 g/mol. The molecule has 2 heterocycles. The molecular formula is C18H14Cl2N6O4S2. The second kappa shape index (κ2) is 8.62. The van der Waals surface area contributed by atoms with Gasteiger partial charge in [-0.25, -0.2) is 19.6 Å². The summed E-state index contributed by atoms with van der Waals surface area (Å²) in [7, 11) is 4.95. The Bertz CT molecular complexity index is 1300. The topological polar surface area (TPSA) is 162 Å². The number of hydrogen-bond donors (Lipinski definition) is 4. The average Bonchev–Trinajstić information content (AvgIpc) is 3.39. The molecule has 0 unspecified atom stereocenters. The Morgan fingerprint density at radius 3 is 1.56 bits per heavy atom. The minimum absolute atomic E-state index is 0.0125. The number of hydrogen-bond acceptors (Lipinski definition) is 10. The number of nitrogen functional groups attached to an aromatic ring is 2. The first-order valence-electron chi connectivity index (χ1n) is 8.71. The fraction of sp³-hybridized carbons (Fsp3) is 0.111. The van der Waals surface area contributed by atoms with Crippen molar-refractivity contribution in [2.24, 2.45) is 0 Å². The van der Waals surface area contributed by atoms with E-state index in [1.807, 2.05) is 0 Å². The minimum Gasteiger partial charge on any atom is -0.463 e. The first-order chi connectivity index (χ1) is 15.2. The molecule has 0 amide bonds. The molecule has 2 aromatic heterocycles. The van der Waals surface area contributed by atoms with E-state index in [1.165, 1.54) is 35.8 Å². The highest BCUT2D eigenvalue weighted by Crippen LogP contribution is 2.50. The second-order valence-corrected chi connectivity index (χ2v) is 9.28. The first kappa shape index (κ1) is 22.4. The van der Waals surface area contributed by atoms with Crippen molar-refractivity contribution < 1.29 is 19.1 Å². The van der Waals surface area contributed by atoms with Crippen LogP contribution in [-0.2, 0) is 9.47 Å². The zero-order valence-electron chi connectivity index (χ0n) is 16.4. The lowest BCUT2D eigenvalue weighted by molar-refractivity contribution is 0.0580. The van der Waals surface area contributed by atoms with Crippen molar-refractivity contribution >= 4 is 90.2 Å². The van der Waals surface area contributed by atoms with E-state index in [0.29, 0.717) is 53.3 Å². The number of esters is 2. The van der Waals surface area contributed by atoms with Gasteiger partial charge >= 0.3 is 11.9 Å². The molecule has 0 aliphatic heterocycles. The zero-order chi connectivity index (χ0) is 23.2. The smallest absolute Gasteiger partial charge is 0.374 e. The van der Waals surface area contributed by atoms with Gasteiger partial charge in [-0.2, -0.15) is 0 Å². The Morgan fingerprint density at radius 2 is 1.22 bits per heavy atom. The minimum atomic E-state index is -0.626. The van der Waals surface area contributed by atoms with E-state index in [1.54, 1.807) is 12.1 Å². The molecule has 0 aliphatic carbocycles. The molecule has 166 valence electrons. The van der Waals surface area contributed by atoms with Gasteiger partial charge in [0, 0.05) is 0 Å². The van der Waals surface area contributed by atoms with E-state index < -0.39 is 11.9 Å². The molecule has 0 radical (unpaired) electrons. The van der Waals surface area contributed by atoms with Gasteiger partial charge in [0.15, 0.2) is 0 Å². The van der Waals surface area contributed by atoms with Crippen LogP contribution < -0.4 is 11.5 Å². The molecule has 0 spiro atoms. The van der Waals surface area contributed by atoms with E-state index in [0.717, 1.165) is 0 Å². The Morgan fingerprint density at radius 1 is 0.844 bits per heavy atom. The van der Waals surface area contributed by atoms with Crippen LogP contribution in [0.25, 0.3) is 22.1 Å². The molecule has 32 heavy (non-hydrogen) atoms. The Labute approximate surface area is 198 Å². The number of imidazole rings is 2. The van der Waals surface area contributed by atoms with Crippen LogP contribution in [0.5, 0.6) is 0 Å². The number of nitrogens with zero attached hydrogens (tertiary/aromatic N) is 2. The summed E-state index contributed by atoms with van der Waals surface area (Å²) < 4.78 is 9.35. The predicted molar refractivity (Wildman–Crippen MR) is 125 cm³/mol. The maximum absolute atomic E-state index is 11.8. The van der Waals surface area contributed by atoms with Crippen LogP contribution in [0.4, 0.5) is 11.4 Å². The summed E-state index contributed by atoms with van der Waals surface area (Å²) in [5.41, 5.74) is 14.9. The number of carbonyl (C=O) groups is 2. The number of rotatable bonds is 5. The van der Waals surface area contributed by atoms with Gasteiger partial charge in [0.05, 0.1) is 67.5 Å². The molecular weight excluding hydrogens is 499 g/mol. The Kier molecular flexibility index (Phi) is 6.03. The lowest BCUT2D eigenvalue weighted by atomic mass is 10.3. The quantitative estimate of drug-likeness (QED) is 0.172. The lowest BCUT2D eigenvalue weighted by Gasteiger charge is -2.11. The van der Waals surface area contributed by atoms with Gasteiger partial charge in [0.25, 0.3) is 0 Å². The van der Waals surface area contributed by atoms with Crippen molar-refractivity contribution in [3.8, 4) is 0 Å². The molecule has 0 fully saturated rings. The summed E-state index contributed by atoms with van der Waals surface area (Å²) in [6, 6.07) is 3.18. The largest absolute Gasteiger partial charge is 0.463 e. The second-order valence-electron chi connectivity index (χ2n) is 6.31. The van der Waals surface area contributed by atoms with Gasteiger partial charge in [-0.05, 0) is 33.7 Å². The Balaban J connectivity index is 1.70. The molecule has 0 saturated carbocycles. The van der Waals surface area contributed by atoms with Crippen LogP contribution in [0.1, 0.15) is 21.2 Å². The number of aromatic nitrogens is 4. The molecule has 0 bridgehead atoms. The first-order valence-corrected chi connectivity index (χ1v) is 11.6. The summed E-state index contributed by atoms with van der Waals surface area (Å²) in [5.74, 6) is -1.23. The highest BCUT2D eigenvalue weighted by Gasteiger charge is 2.21. The number of ether oxygens (including phenoxy) is 2. The number of anilines is 2. The highest BCUT2D eigenvalue weighted by molar-refractivity contribution is 8.76. The van der Waals surface area contributed by atoms with Crippen LogP contribution in [0, 0.1) is 0 Å². The molecule has 0 saturated heterocycles. The van der Waals surface area contributed by atoms with Gasteiger partial charge in [0.2, 0.25) is 11.6 Å². The van der Waals surface area contributed by atoms with Crippen molar-refractivity contribution in [2.75, 3.05) is 25.7 Å². The van der Waals surface area contributed by atoms with Crippen LogP contribution in [0.3, 0.4) is 0 Å². The Hall–Kier alpha value is -2.80. The molecule has 2 aromatic carbocycles. The lowest BCUT2D eigenvalue weighted by Crippen LogP contribution is -2.03. The molecule has 6 N–H and O–H groups in total. The predicted octanol–water partition coefficient (Wildman–Crippen LogP) is 4.28. The number of nitrogens with one attached hydrogen (secondary N) is 2. The fourth-order valence-electron chi connectivity index (χ4n) is 2.89. The zero-order valence-corrected chi connectivity index (χ0v) is 19.6. The van der Waals surface area contributed by atoms with E-state index in [4.69, 9.17) is 34.7 Å². The molecule has 4 aromatic rings. The third-order valence-electron chi connectivity index (χ3n) is 4.42. The third-order valence-corrected chi connectivity index (χ3v) is 7.78. The molecule has 0 aliphatic rings. The van der Waals surface area contributed by atoms with Crippen LogP contribution in [0.2, 0.25) is 10.0 Å². The highest BCUT2D eigenvalue weighted by atomic mass is 35.5. The normalized spacial score (nSPS) is 11.2. The van der Waals surface area contributed by atoms with E-state index in [2.05, 4.69) is 29.4 Å². The number of halogens is 2. The van der Waals surface area contributed by atoms with Crippen molar-refractivity contribution in [1.29, 1.82) is 0 Å². The summed E-state index contributed by atoms with van der Waals surface area (Å²) in [6.45, 7) is 0. The number of carbonyl (C=O) groups excluding carboxylic acids is 2.